The highest BCUT2D eigenvalue weighted by Crippen LogP contribution is 2.02. The highest BCUT2D eigenvalue weighted by atomic mass is 32.2. The standard InChI is InChI=1S/C6H11NS/c1-3-5-8-6-4-7-2/h4,6H,2-3,5H2,1H3/b6-4-. The van der Waals surface area contributed by atoms with Gasteiger partial charge >= 0.3 is 0 Å². The maximum Gasteiger partial charge on any atom is 0.0323 e. The van der Waals surface area contributed by atoms with Crippen LogP contribution in [0.3, 0.4) is 0 Å². The molecule has 0 saturated carbocycles. The molecular weight excluding hydrogens is 118 g/mol. The Morgan fingerprint density at radius 2 is 2.50 bits per heavy atom. The van der Waals surface area contributed by atoms with Crippen molar-refractivity contribution in [3.63, 3.8) is 0 Å². The van der Waals surface area contributed by atoms with Crippen molar-refractivity contribution in [1.82, 2.24) is 0 Å². The van der Waals surface area contributed by atoms with Crippen molar-refractivity contribution in [3.05, 3.63) is 11.6 Å². The van der Waals surface area contributed by atoms with E-state index < -0.39 is 0 Å². The lowest BCUT2D eigenvalue weighted by Gasteiger charge is -1.84. The van der Waals surface area contributed by atoms with Crippen molar-refractivity contribution < 1.29 is 0 Å². The van der Waals surface area contributed by atoms with E-state index in [2.05, 4.69) is 18.6 Å². The Morgan fingerprint density at radius 3 is 3.00 bits per heavy atom. The Bertz CT molecular complexity index is 78.6. The van der Waals surface area contributed by atoms with Gasteiger partial charge in [-0.2, -0.15) is 0 Å². The van der Waals surface area contributed by atoms with Gasteiger partial charge in [-0.25, -0.2) is 0 Å². The molecule has 0 aliphatic carbocycles. The molecule has 1 nitrogen and oxygen atoms in total. The van der Waals surface area contributed by atoms with Crippen LogP contribution in [0.4, 0.5) is 0 Å². The number of thioether (sulfide) groups is 1. The topological polar surface area (TPSA) is 12.4 Å². The maximum atomic E-state index is 3.56. The molecule has 0 heterocycles. The van der Waals surface area contributed by atoms with Crippen LogP contribution in [-0.2, 0) is 0 Å². The zero-order valence-corrected chi connectivity index (χ0v) is 5.95. The lowest BCUT2D eigenvalue weighted by atomic mass is 10.6. The van der Waals surface area contributed by atoms with Crippen LogP contribution < -0.4 is 0 Å². The van der Waals surface area contributed by atoms with E-state index in [4.69, 9.17) is 0 Å². The van der Waals surface area contributed by atoms with Gasteiger partial charge in [-0.3, -0.25) is 4.99 Å². The van der Waals surface area contributed by atoms with Crippen molar-refractivity contribution in [1.29, 1.82) is 0 Å². The minimum atomic E-state index is 1.17. The molecule has 0 unspecified atom stereocenters. The SMILES string of the molecule is C=N/C=C\SCCC. The van der Waals surface area contributed by atoms with Crippen molar-refractivity contribution >= 4 is 18.5 Å². The molecule has 0 amide bonds. The second-order valence-corrected chi connectivity index (χ2v) is 2.35. The summed E-state index contributed by atoms with van der Waals surface area (Å²) in [5.41, 5.74) is 0. The van der Waals surface area contributed by atoms with Gasteiger partial charge < -0.3 is 0 Å². The first-order chi connectivity index (χ1) is 3.91. The van der Waals surface area contributed by atoms with Gasteiger partial charge in [0.25, 0.3) is 0 Å². The first kappa shape index (κ1) is 7.76. The molecule has 8 heavy (non-hydrogen) atoms. The van der Waals surface area contributed by atoms with Crippen molar-refractivity contribution in [2.24, 2.45) is 4.99 Å². The van der Waals surface area contributed by atoms with E-state index in [0.29, 0.717) is 0 Å². The summed E-state index contributed by atoms with van der Waals surface area (Å²) in [5, 5.41) is 1.95. The molecule has 0 radical (unpaired) electrons. The van der Waals surface area contributed by atoms with Crippen molar-refractivity contribution in [3.8, 4) is 0 Å². The predicted octanol–water partition coefficient (Wildman–Crippen LogP) is 2.30. The smallest absolute Gasteiger partial charge is 0.0323 e. The Labute approximate surface area is 54.9 Å². The highest BCUT2D eigenvalue weighted by molar-refractivity contribution is 8.02. The molecule has 0 aromatic rings. The zero-order chi connectivity index (χ0) is 6.24. The number of rotatable bonds is 4. The van der Waals surface area contributed by atoms with Gasteiger partial charge in [0.1, 0.15) is 0 Å². The Balaban J connectivity index is 2.91. The van der Waals surface area contributed by atoms with Crippen LogP contribution in [0.1, 0.15) is 13.3 Å². The molecule has 0 N–H and O–H groups in total. The van der Waals surface area contributed by atoms with Gasteiger partial charge in [-0.1, -0.05) is 6.92 Å². The quantitative estimate of drug-likeness (QED) is 0.419. The summed E-state index contributed by atoms with van der Waals surface area (Å²) in [6, 6.07) is 0. The van der Waals surface area contributed by atoms with Crippen LogP contribution in [0, 0.1) is 0 Å². The summed E-state index contributed by atoms with van der Waals surface area (Å²) in [5.74, 6) is 1.17. The summed E-state index contributed by atoms with van der Waals surface area (Å²) >= 11 is 1.76. The average molecular weight is 129 g/mol. The predicted molar refractivity (Wildman–Crippen MR) is 41.4 cm³/mol. The highest BCUT2D eigenvalue weighted by Gasteiger charge is 1.74. The first-order valence-electron chi connectivity index (χ1n) is 2.64. The van der Waals surface area contributed by atoms with E-state index >= 15 is 0 Å². The number of hydrogen-bond donors (Lipinski definition) is 0. The minimum Gasteiger partial charge on any atom is -0.272 e. The fourth-order valence-electron chi connectivity index (χ4n) is 0.272. The normalized spacial score (nSPS) is 10.1. The third-order valence-corrected chi connectivity index (χ3v) is 1.54. The Morgan fingerprint density at radius 1 is 1.75 bits per heavy atom. The molecule has 0 aliphatic heterocycles. The van der Waals surface area contributed by atoms with Gasteiger partial charge in [-0.05, 0) is 24.3 Å². The molecule has 0 atom stereocenters. The number of hydrogen-bond acceptors (Lipinski definition) is 2. The van der Waals surface area contributed by atoms with Crippen molar-refractivity contribution in [2.45, 2.75) is 13.3 Å². The molecule has 0 aliphatic rings. The molecule has 0 aromatic heterocycles. The number of aliphatic imine (C=N–C) groups is 1. The van der Waals surface area contributed by atoms with Gasteiger partial charge in [0.15, 0.2) is 0 Å². The van der Waals surface area contributed by atoms with Crippen LogP contribution in [-0.4, -0.2) is 12.5 Å². The summed E-state index contributed by atoms with van der Waals surface area (Å²) in [6.45, 7) is 5.46. The summed E-state index contributed by atoms with van der Waals surface area (Å²) in [6.07, 6.45) is 2.92. The Hall–Kier alpha value is -0.240. The van der Waals surface area contributed by atoms with Crippen LogP contribution >= 0.6 is 11.8 Å². The first-order valence-corrected chi connectivity index (χ1v) is 3.69. The fraction of sp³-hybridized carbons (Fsp3) is 0.500. The van der Waals surface area contributed by atoms with Gasteiger partial charge in [0.05, 0.1) is 0 Å². The van der Waals surface area contributed by atoms with E-state index in [1.54, 1.807) is 18.0 Å². The molecule has 46 valence electrons. The van der Waals surface area contributed by atoms with E-state index in [9.17, 15) is 0 Å². The van der Waals surface area contributed by atoms with Crippen LogP contribution in [0.5, 0.6) is 0 Å². The van der Waals surface area contributed by atoms with Crippen LogP contribution in [0.2, 0.25) is 0 Å². The summed E-state index contributed by atoms with van der Waals surface area (Å²) in [4.78, 5) is 3.56. The fourth-order valence-corrected chi connectivity index (χ4v) is 0.816. The molecule has 0 fully saturated rings. The van der Waals surface area contributed by atoms with E-state index in [-0.39, 0.29) is 0 Å². The molecule has 2 heteroatoms. The second-order valence-electron chi connectivity index (χ2n) is 1.34. The van der Waals surface area contributed by atoms with E-state index in [0.717, 1.165) is 0 Å². The molecule has 0 bridgehead atoms. The monoisotopic (exact) mass is 129 g/mol. The lowest BCUT2D eigenvalue weighted by Crippen LogP contribution is -1.65. The van der Waals surface area contributed by atoms with E-state index in [1.165, 1.54) is 12.2 Å². The van der Waals surface area contributed by atoms with Crippen molar-refractivity contribution in [2.75, 3.05) is 5.75 Å². The maximum absolute atomic E-state index is 3.56. The zero-order valence-electron chi connectivity index (χ0n) is 5.13. The summed E-state index contributed by atoms with van der Waals surface area (Å²) < 4.78 is 0. The van der Waals surface area contributed by atoms with E-state index in [1.807, 2.05) is 5.41 Å². The molecule has 0 spiro atoms. The van der Waals surface area contributed by atoms with Gasteiger partial charge in [0, 0.05) is 6.20 Å². The molecule has 0 rings (SSSR count). The van der Waals surface area contributed by atoms with Crippen LogP contribution in [0.15, 0.2) is 16.6 Å². The van der Waals surface area contributed by atoms with Gasteiger partial charge in [-0.15, -0.1) is 11.8 Å². The lowest BCUT2D eigenvalue weighted by molar-refractivity contribution is 1.11. The molecular formula is C6H11NS. The number of nitrogens with zero attached hydrogens (tertiary/aromatic N) is 1. The molecule has 0 aromatic carbocycles. The third-order valence-electron chi connectivity index (χ3n) is 0.584. The Kier molecular flexibility index (Phi) is 6.56. The average Bonchev–Trinajstić information content (AvgIpc) is 1.81. The minimum absolute atomic E-state index is 1.17. The third kappa shape index (κ3) is 5.76. The largest absolute Gasteiger partial charge is 0.272 e. The second kappa shape index (κ2) is 6.76. The summed E-state index contributed by atoms with van der Waals surface area (Å²) in [7, 11) is 0. The molecule has 0 saturated heterocycles. The van der Waals surface area contributed by atoms with Gasteiger partial charge in [0.2, 0.25) is 0 Å². The van der Waals surface area contributed by atoms with Crippen LogP contribution in [0.25, 0.3) is 0 Å².